The third-order valence-electron chi connectivity index (χ3n) is 6.34. The van der Waals surface area contributed by atoms with Crippen molar-refractivity contribution in [1.29, 1.82) is 0 Å². The first-order valence-electron chi connectivity index (χ1n) is 11.2. The van der Waals surface area contributed by atoms with Crippen LogP contribution in [0.3, 0.4) is 0 Å². The average molecular weight is 565 g/mol. The van der Waals surface area contributed by atoms with Crippen LogP contribution in [0.25, 0.3) is 16.0 Å². The molecule has 0 spiro atoms. The standard InChI is InChI=1S/C27H18BrFN2O4S/c1-13-10-16-11-15(4-9-20(16)35-13)24(32)22-23(14-2-5-17(28)6-3-14)31(26(34)25(22)33)27-30-19-8-7-18(29)12-21(19)36-27/h2-9,11-13,23,32H,10H2,1H3/b24-22+/t13-,23+/m0/s1. The van der Waals surface area contributed by atoms with Crippen LogP contribution < -0.4 is 9.64 Å². The molecule has 180 valence electrons. The minimum absolute atomic E-state index is 0.0228. The van der Waals surface area contributed by atoms with Gasteiger partial charge in [-0.1, -0.05) is 39.4 Å². The lowest BCUT2D eigenvalue weighted by molar-refractivity contribution is -0.132. The van der Waals surface area contributed by atoms with Crippen molar-refractivity contribution in [2.75, 3.05) is 4.90 Å². The maximum Gasteiger partial charge on any atom is 0.301 e. The van der Waals surface area contributed by atoms with Gasteiger partial charge in [-0.15, -0.1) is 0 Å². The first kappa shape index (κ1) is 22.9. The molecule has 0 bridgehead atoms. The number of fused-ring (bicyclic) bond motifs is 2. The normalized spacial score (nSPS) is 20.7. The molecule has 9 heteroatoms. The highest BCUT2D eigenvalue weighted by Crippen LogP contribution is 2.45. The molecule has 6 nitrogen and oxygen atoms in total. The molecule has 3 aromatic carbocycles. The van der Waals surface area contributed by atoms with Crippen LogP contribution in [0.1, 0.15) is 29.7 Å². The van der Waals surface area contributed by atoms with Crippen molar-refractivity contribution in [3.63, 3.8) is 0 Å². The molecule has 4 aromatic rings. The van der Waals surface area contributed by atoms with Gasteiger partial charge in [-0.05, 0) is 66.6 Å². The van der Waals surface area contributed by atoms with E-state index < -0.39 is 23.5 Å². The zero-order valence-electron chi connectivity index (χ0n) is 18.9. The number of nitrogens with zero attached hydrogens (tertiary/aromatic N) is 2. The van der Waals surface area contributed by atoms with E-state index in [9.17, 15) is 19.1 Å². The first-order valence-corrected chi connectivity index (χ1v) is 12.8. The Kier molecular flexibility index (Phi) is 5.42. The number of hydrogen-bond acceptors (Lipinski definition) is 6. The molecule has 0 aliphatic carbocycles. The van der Waals surface area contributed by atoms with Crippen molar-refractivity contribution >= 4 is 60.1 Å². The quantitative estimate of drug-likeness (QED) is 0.183. The van der Waals surface area contributed by atoms with Crippen molar-refractivity contribution in [3.8, 4) is 5.75 Å². The zero-order chi connectivity index (χ0) is 25.1. The van der Waals surface area contributed by atoms with Gasteiger partial charge in [0.05, 0.1) is 21.8 Å². The van der Waals surface area contributed by atoms with Gasteiger partial charge in [-0.3, -0.25) is 14.5 Å². The topological polar surface area (TPSA) is 79.7 Å². The van der Waals surface area contributed by atoms with Crippen molar-refractivity contribution in [2.45, 2.75) is 25.5 Å². The molecular formula is C27H18BrFN2O4S. The van der Waals surface area contributed by atoms with E-state index in [1.54, 1.807) is 42.5 Å². The molecule has 1 saturated heterocycles. The maximum absolute atomic E-state index is 13.8. The number of carbonyl (C=O) groups is 2. The number of aliphatic hydroxyl groups excluding tert-OH is 1. The van der Waals surface area contributed by atoms with Gasteiger partial charge in [-0.25, -0.2) is 9.37 Å². The number of carbonyl (C=O) groups excluding carboxylic acids is 2. The van der Waals surface area contributed by atoms with E-state index in [-0.39, 0.29) is 22.6 Å². The molecule has 0 unspecified atom stereocenters. The predicted molar refractivity (Wildman–Crippen MR) is 139 cm³/mol. The van der Waals surface area contributed by atoms with Crippen LogP contribution >= 0.6 is 27.3 Å². The largest absolute Gasteiger partial charge is 0.507 e. The number of aliphatic hydroxyl groups is 1. The van der Waals surface area contributed by atoms with Crippen LogP contribution in [0, 0.1) is 5.82 Å². The summed E-state index contributed by atoms with van der Waals surface area (Å²) in [5, 5.41) is 11.6. The Morgan fingerprint density at radius 2 is 1.92 bits per heavy atom. The Balaban J connectivity index is 1.53. The van der Waals surface area contributed by atoms with E-state index in [1.165, 1.54) is 23.1 Å². The molecule has 36 heavy (non-hydrogen) atoms. The maximum atomic E-state index is 13.8. The Bertz CT molecular complexity index is 1600. The van der Waals surface area contributed by atoms with Gasteiger partial charge in [0.2, 0.25) is 0 Å². The van der Waals surface area contributed by atoms with Crippen LogP contribution in [-0.2, 0) is 16.0 Å². The summed E-state index contributed by atoms with van der Waals surface area (Å²) in [7, 11) is 0. The SMILES string of the molecule is C[C@H]1Cc2cc(/C(O)=C3\C(=O)C(=O)N(c4nc5ccc(F)cc5s4)[C@@H]3c3ccc(Br)cc3)ccc2O1. The van der Waals surface area contributed by atoms with E-state index in [2.05, 4.69) is 20.9 Å². The summed E-state index contributed by atoms with van der Waals surface area (Å²) in [6, 6.07) is 15.7. The number of rotatable bonds is 3. The number of anilines is 1. The van der Waals surface area contributed by atoms with Crippen LogP contribution in [-0.4, -0.2) is 27.9 Å². The zero-order valence-corrected chi connectivity index (χ0v) is 21.3. The summed E-state index contributed by atoms with van der Waals surface area (Å²) in [5.74, 6) is -1.55. The van der Waals surface area contributed by atoms with Crippen LogP contribution in [0.2, 0.25) is 0 Å². The van der Waals surface area contributed by atoms with Gasteiger partial charge in [0, 0.05) is 16.5 Å². The summed E-state index contributed by atoms with van der Waals surface area (Å²) in [5.41, 5.74) is 2.47. The third kappa shape index (κ3) is 3.70. The first-order chi connectivity index (χ1) is 17.3. The number of amides is 1. The van der Waals surface area contributed by atoms with E-state index in [4.69, 9.17) is 4.74 Å². The highest BCUT2D eigenvalue weighted by molar-refractivity contribution is 9.10. The van der Waals surface area contributed by atoms with E-state index >= 15 is 0 Å². The Morgan fingerprint density at radius 1 is 1.14 bits per heavy atom. The van der Waals surface area contributed by atoms with E-state index in [0.717, 1.165) is 27.1 Å². The number of aromatic nitrogens is 1. The highest BCUT2D eigenvalue weighted by atomic mass is 79.9. The number of Topliss-reactive ketones (excluding diaryl/α,β-unsaturated/α-hetero) is 1. The number of halogens is 2. The molecule has 1 aromatic heterocycles. The second kappa shape index (κ2) is 8.53. The second-order valence-corrected chi connectivity index (χ2v) is 10.7. The van der Waals surface area contributed by atoms with Gasteiger partial charge in [-0.2, -0.15) is 0 Å². The molecular weight excluding hydrogens is 547 g/mol. The summed E-state index contributed by atoms with van der Waals surface area (Å²) in [6.45, 7) is 1.96. The fraction of sp³-hybridized carbons (Fsp3) is 0.148. The average Bonchev–Trinajstić information content (AvgIpc) is 3.51. The molecule has 2 aliphatic heterocycles. The molecule has 6 rings (SSSR count). The van der Waals surface area contributed by atoms with Crippen LogP contribution in [0.4, 0.5) is 9.52 Å². The van der Waals surface area contributed by atoms with Crippen molar-refractivity contribution < 1.29 is 23.8 Å². The second-order valence-electron chi connectivity index (χ2n) is 8.78. The minimum Gasteiger partial charge on any atom is -0.507 e. The van der Waals surface area contributed by atoms with Gasteiger partial charge in [0.15, 0.2) is 5.13 Å². The number of thiazole rings is 1. The monoisotopic (exact) mass is 564 g/mol. The Labute approximate surface area is 217 Å². The smallest absolute Gasteiger partial charge is 0.301 e. The minimum atomic E-state index is -0.910. The Hall–Kier alpha value is -3.56. The molecule has 2 aliphatic rings. The summed E-state index contributed by atoms with van der Waals surface area (Å²) >= 11 is 4.53. The predicted octanol–water partition coefficient (Wildman–Crippen LogP) is 6.15. The van der Waals surface area contributed by atoms with Gasteiger partial charge in [0.25, 0.3) is 5.78 Å². The molecule has 2 atom stereocenters. The van der Waals surface area contributed by atoms with Gasteiger partial charge < -0.3 is 9.84 Å². The van der Waals surface area contributed by atoms with E-state index in [0.29, 0.717) is 27.8 Å². The number of benzene rings is 3. The lowest BCUT2D eigenvalue weighted by Gasteiger charge is -2.23. The molecule has 0 saturated carbocycles. The molecule has 1 amide bonds. The summed E-state index contributed by atoms with van der Waals surface area (Å²) in [6.07, 6.45) is 0.707. The van der Waals surface area contributed by atoms with Crippen molar-refractivity contribution in [3.05, 3.63) is 93.2 Å². The number of hydrogen-bond donors (Lipinski definition) is 1. The molecule has 1 N–H and O–H groups in total. The Morgan fingerprint density at radius 3 is 2.69 bits per heavy atom. The highest BCUT2D eigenvalue weighted by Gasteiger charge is 2.48. The molecule has 3 heterocycles. The van der Waals surface area contributed by atoms with Crippen molar-refractivity contribution in [1.82, 2.24) is 4.98 Å². The summed E-state index contributed by atoms with van der Waals surface area (Å²) in [4.78, 5) is 32.6. The van der Waals surface area contributed by atoms with Gasteiger partial charge in [0.1, 0.15) is 23.4 Å². The lowest BCUT2D eigenvalue weighted by Crippen LogP contribution is -2.29. The van der Waals surface area contributed by atoms with E-state index in [1.807, 2.05) is 6.92 Å². The van der Waals surface area contributed by atoms with Gasteiger partial charge >= 0.3 is 5.91 Å². The number of ketones is 1. The fourth-order valence-electron chi connectivity index (χ4n) is 4.70. The third-order valence-corrected chi connectivity index (χ3v) is 7.89. The molecule has 0 radical (unpaired) electrons. The summed E-state index contributed by atoms with van der Waals surface area (Å²) < 4.78 is 20.9. The number of ether oxygens (including phenoxy) is 1. The van der Waals surface area contributed by atoms with Crippen LogP contribution in [0.15, 0.2) is 70.7 Å². The van der Waals surface area contributed by atoms with Crippen LogP contribution in [0.5, 0.6) is 5.75 Å². The lowest BCUT2D eigenvalue weighted by atomic mass is 9.94. The fourth-order valence-corrected chi connectivity index (χ4v) is 5.99. The van der Waals surface area contributed by atoms with Crippen molar-refractivity contribution in [2.24, 2.45) is 0 Å². The molecule has 1 fully saturated rings.